The van der Waals surface area contributed by atoms with Gasteiger partial charge in [0.1, 0.15) is 0 Å². The molecule has 0 aliphatic heterocycles. The molecule has 1 aromatic rings. The molecule has 0 aromatic heterocycles. The van der Waals surface area contributed by atoms with Gasteiger partial charge in [0.15, 0.2) is 11.5 Å². The van der Waals surface area contributed by atoms with Crippen molar-refractivity contribution in [2.24, 2.45) is 23.5 Å². The topological polar surface area (TPSA) is 73.6 Å². The zero-order chi connectivity index (χ0) is 18.0. The fourth-order valence-corrected chi connectivity index (χ4v) is 4.54. The maximum atomic E-state index is 12.8. The number of rotatable bonds is 5. The molecule has 3 atom stereocenters. The summed E-state index contributed by atoms with van der Waals surface area (Å²) in [5, 5.41) is 3.18. The highest BCUT2D eigenvalue weighted by Crippen LogP contribution is 2.42. The monoisotopic (exact) mass is 382 g/mol. The van der Waals surface area contributed by atoms with Gasteiger partial charge in [-0.15, -0.1) is 12.4 Å². The van der Waals surface area contributed by atoms with Gasteiger partial charge >= 0.3 is 0 Å². The number of hydrogen-bond donors (Lipinski definition) is 2. The predicted molar refractivity (Wildman–Crippen MR) is 105 cm³/mol. The van der Waals surface area contributed by atoms with E-state index in [0.717, 1.165) is 18.4 Å². The number of hydrogen-bond acceptors (Lipinski definition) is 4. The number of halogens is 1. The van der Waals surface area contributed by atoms with Crippen LogP contribution in [0.2, 0.25) is 0 Å². The zero-order valence-electron chi connectivity index (χ0n) is 15.9. The van der Waals surface area contributed by atoms with Gasteiger partial charge < -0.3 is 20.5 Å². The average molecular weight is 383 g/mol. The molecule has 0 spiro atoms. The molecule has 3 unspecified atom stereocenters. The Morgan fingerprint density at radius 1 is 1.15 bits per heavy atom. The average Bonchev–Trinajstić information content (AvgIpc) is 2.60. The minimum atomic E-state index is -0.0669. The van der Waals surface area contributed by atoms with Crippen LogP contribution >= 0.6 is 12.4 Å². The highest BCUT2D eigenvalue weighted by atomic mass is 35.5. The predicted octanol–water partition coefficient (Wildman–Crippen LogP) is 3.46. The first-order valence-corrected chi connectivity index (χ1v) is 9.31. The van der Waals surface area contributed by atoms with E-state index in [4.69, 9.17) is 15.2 Å². The van der Waals surface area contributed by atoms with E-state index >= 15 is 0 Å². The van der Waals surface area contributed by atoms with Crippen LogP contribution in [0.3, 0.4) is 0 Å². The van der Waals surface area contributed by atoms with Crippen molar-refractivity contribution in [1.82, 2.24) is 5.32 Å². The summed E-state index contributed by atoms with van der Waals surface area (Å²) < 4.78 is 10.6. The molecule has 2 fully saturated rings. The minimum absolute atomic E-state index is 0. The smallest absolute Gasteiger partial charge is 0.223 e. The third-order valence-corrected chi connectivity index (χ3v) is 6.05. The second-order valence-electron chi connectivity index (χ2n) is 7.54. The normalized spacial score (nSPS) is 28.5. The molecule has 1 aromatic carbocycles. The third-order valence-electron chi connectivity index (χ3n) is 6.05. The van der Waals surface area contributed by atoms with Crippen molar-refractivity contribution in [2.75, 3.05) is 14.2 Å². The van der Waals surface area contributed by atoms with Gasteiger partial charge in [-0.2, -0.15) is 0 Å². The molecule has 2 aliphatic rings. The lowest BCUT2D eigenvalue weighted by Crippen LogP contribution is -2.49. The number of methoxy groups -OCH3 is 2. The maximum absolute atomic E-state index is 12.8. The van der Waals surface area contributed by atoms with Gasteiger partial charge in [0.25, 0.3) is 0 Å². The van der Waals surface area contributed by atoms with Gasteiger partial charge in [-0.1, -0.05) is 12.5 Å². The summed E-state index contributed by atoms with van der Waals surface area (Å²) >= 11 is 0. The van der Waals surface area contributed by atoms with Crippen molar-refractivity contribution in [1.29, 1.82) is 0 Å². The van der Waals surface area contributed by atoms with Gasteiger partial charge in [0, 0.05) is 12.0 Å². The molecular weight excluding hydrogens is 352 g/mol. The Kier molecular flexibility index (Phi) is 7.18. The molecule has 146 valence electrons. The number of carbonyl (C=O) groups is 1. The Hall–Kier alpha value is -1.46. The van der Waals surface area contributed by atoms with Gasteiger partial charge in [0.2, 0.25) is 5.91 Å². The fraction of sp³-hybridized carbons (Fsp3) is 0.650. The van der Waals surface area contributed by atoms with E-state index in [9.17, 15) is 4.79 Å². The summed E-state index contributed by atoms with van der Waals surface area (Å²) in [6.45, 7) is 2.01. The van der Waals surface area contributed by atoms with Crippen LogP contribution in [-0.2, 0) is 4.79 Å². The van der Waals surface area contributed by atoms with Crippen LogP contribution in [0.25, 0.3) is 0 Å². The quantitative estimate of drug-likeness (QED) is 0.817. The highest BCUT2D eigenvalue weighted by Gasteiger charge is 2.40. The standard InChI is InChI=1S/C20H30N2O3.ClH/c1-12(13-7-8-17(24-2)18(11-13)25-3)22-20(23)16-9-14-5-4-6-15(10-16)19(14)21;/h7-8,11-12,14-16,19H,4-6,9-10,21H2,1-3H3,(H,22,23);1H. The van der Waals surface area contributed by atoms with Crippen molar-refractivity contribution in [3.8, 4) is 11.5 Å². The second kappa shape index (κ2) is 8.96. The first kappa shape index (κ1) is 20.8. The lowest BCUT2D eigenvalue weighted by Gasteiger charge is -2.43. The third kappa shape index (κ3) is 4.26. The van der Waals surface area contributed by atoms with Crippen molar-refractivity contribution < 1.29 is 14.3 Å². The Bertz CT molecular complexity index is 611. The molecule has 3 N–H and O–H groups in total. The molecule has 2 aliphatic carbocycles. The van der Waals surface area contributed by atoms with Crippen LogP contribution in [0, 0.1) is 17.8 Å². The first-order valence-electron chi connectivity index (χ1n) is 9.31. The molecule has 0 saturated heterocycles. The first-order chi connectivity index (χ1) is 12.0. The highest BCUT2D eigenvalue weighted by molar-refractivity contribution is 5.85. The molecule has 6 heteroatoms. The molecule has 0 heterocycles. The van der Waals surface area contributed by atoms with Crippen LogP contribution in [0.4, 0.5) is 0 Å². The summed E-state index contributed by atoms with van der Waals surface area (Å²) in [6.07, 6.45) is 5.48. The summed E-state index contributed by atoms with van der Waals surface area (Å²) in [6, 6.07) is 6.00. The number of amides is 1. The zero-order valence-corrected chi connectivity index (χ0v) is 16.7. The van der Waals surface area contributed by atoms with Crippen LogP contribution in [0.15, 0.2) is 18.2 Å². The van der Waals surface area contributed by atoms with E-state index < -0.39 is 0 Å². The maximum Gasteiger partial charge on any atom is 0.223 e. The molecular formula is C20H31ClN2O3. The van der Waals surface area contributed by atoms with Crippen molar-refractivity contribution in [3.63, 3.8) is 0 Å². The van der Waals surface area contributed by atoms with Crippen LogP contribution in [0.5, 0.6) is 11.5 Å². The lowest BCUT2D eigenvalue weighted by atomic mass is 9.65. The van der Waals surface area contributed by atoms with E-state index in [0.29, 0.717) is 29.4 Å². The van der Waals surface area contributed by atoms with E-state index in [-0.39, 0.29) is 30.3 Å². The summed E-state index contributed by atoms with van der Waals surface area (Å²) in [5.74, 6) is 2.65. The number of carbonyl (C=O) groups excluding carboxylic acids is 1. The van der Waals surface area contributed by atoms with Crippen LogP contribution < -0.4 is 20.5 Å². The van der Waals surface area contributed by atoms with Crippen molar-refractivity contribution >= 4 is 18.3 Å². The second-order valence-corrected chi connectivity index (χ2v) is 7.54. The Balaban J connectivity index is 0.00000243. The molecule has 1 amide bonds. The summed E-state index contributed by atoms with van der Waals surface area (Å²) in [5.41, 5.74) is 7.35. The largest absolute Gasteiger partial charge is 0.493 e. The van der Waals surface area contributed by atoms with E-state index in [1.165, 1.54) is 19.3 Å². The number of benzene rings is 1. The minimum Gasteiger partial charge on any atom is -0.493 e. The number of nitrogens with one attached hydrogen (secondary N) is 1. The Morgan fingerprint density at radius 2 is 1.77 bits per heavy atom. The molecule has 2 saturated carbocycles. The molecule has 2 bridgehead atoms. The summed E-state index contributed by atoms with van der Waals surface area (Å²) in [4.78, 5) is 12.8. The SMILES string of the molecule is COc1ccc(C(C)NC(=O)C2CC3CCCC(C2)C3N)cc1OC.Cl. The molecule has 5 nitrogen and oxygen atoms in total. The van der Waals surface area contributed by atoms with Gasteiger partial charge in [0.05, 0.1) is 20.3 Å². The van der Waals surface area contributed by atoms with Crippen LogP contribution in [0.1, 0.15) is 50.6 Å². The van der Waals surface area contributed by atoms with Gasteiger partial charge in [-0.25, -0.2) is 0 Å². The van der Waals surface area contributed by atoms with E-state index in [1.807, 2.05) is 25.1 Å². The lowest BCUT2D eigenvalue weighted by molar-refractivity contribution is -0.128. The molecule has 3 rings (SSSR count). The Morgan fingerprint density at radius 3 is 2.35 bits per heavy atom. The van der Waals surface area contributed by atoms with E-state index in [1.54, 1.807) is 14.2 Å². The van der Waals surface area contributed by atoms with Crippen LogP contribution in [-0.4, -0.2) is 26.2 Å². The van der Waals surface area contributed by atoms with E-state index in [2.05, 4.69) is 5.32 Å². The molecule has 26 heavy (non-hydrogen) atoms. The number of fused-ring (bicyclic) bond motifs is 2. The molecule has 0 radical (unpaired) electrons. The summed E-state index contributed by atoms with van der Waals surface area (Å²) in [7, 11) is 3.24. The number of ether oxygens (including phenoxy) is 2. The van der Waals surface area contributed by atoms with Crippen molar-refractivity contribution in [3.05, 3.63) is 23.8 Å². The number of nitrogens with two attached hydrogens (primary N) is 1. The van der Waals surface area contributed by atoms with Crippen molar-refractivity contribution in [2.45, 2.75) is 51.1 Å². The van der Waals surface area contributed by atoms with Gasteiger partial charge in [-0.3, -0.25) is 4.79 Å². The Labute approximate surface area is 162 Å². The van der Waals surface area contributed by atoms with Gasteiger partial charge in [-0.05, 0) is 62.1 Å². The fourth-order valence-electron chi connectivity index (χ4n) is 4.54.